The Bertz CT molecular complexity index is 196. The zero-order valence-electron chi connectivity index (χ0n) is 9.20. The van der Waals surface area contributed by atoms with Crippen LogP contribution in [0, 0.1) is 0 Å². The van der Waals surface area contributed by atoms with E-state index in [4.69, 9.17) is 0 Å². The van der Waals surface area contributed by atoms with Crippen LogP contribution in [0.15, 0.2) is 0 Å². The van der Waals surface area contributed by atoms with Crippen LogP contribution in [0.1, 0.15) is 46.0 Å². The van der Waals surface area contributed by atoms with Crippen LogP contribution in [0.3, 0.4) is 0 Å². The quantitative estimate of drug-likeness (QED) is 0.552. The monoisotopic (exact) mass is 215 g/mol. The minimum absolute atomic E-state index is 0.260. The molecule has 2 atom stereocenters. The van der Waals surface area contributed by atoms with Crippen molar-refractivity contribution in [3.8, 4) is 0 Å². The maximum absolute atomic E-state index is 11.5. The maximum Gasteiger partial charge on any atom is 0.224 e. The van der Waals surface area contributed by atoms with E-state index in [1.807, 2.05) is 4.90 Å². The lowest BCUT2D eigenvalue weighted by atomic mass is 10.1. The van der Waals surface area contributed by atoms with Crippen LogP contribution in [0.5, 0.6) is 0 Å². The zero-order valence-corrected chi connectivity index (χ0v) is 10.1. The molecule has 1 saturated heterocycles. The maximum atomic E-state index is 11.5. The van der Waals surface area contributed by atoms with Crippen molar-refractivity contribution < 1.29 is 4.79 Å². The van der Waals surface area contributed by atoms with Crippen molar-refractivity contribution in [2.24, 2.45) is 0 Å². The fraction of sp³-hybridized carbons (Fsp3) is 0.909. The van der Waals surface area contributed by atoms with Crippen molar-refractivity contribution in [3.05, 3.63) is 0 Å². The average Bonchev–Trinajstić information content (AvgIpc) is 2.45. The predicted molar refractivity (Wildman–Crippen MR) is 62.7 cm³/mol. The first-order valence-electron chi connectivity index (χ1n) is 5.62. The summed E-state index contributed by atoms with van der Waals surface area (Å²) in [7, 11) is 0. The van der Waals surface area contributed by atoms with Gasteiger partial charge >= 0.3 is 0 Å². The lowest BCUT2D eigenvalue weighted by Gasteiger charge is -2.24. The Morgan fingerprint density at radius 3 is 2.79 bits per heavy atom. The summed E-state index contributed by atoms with van der Waals surface area (Å²) in [4.78, 5) is 13.5. The van der Waals surface area contributed by atoms with Crippen LogP contribution in [-0.2, 0) is 4.79 Å². The van der Waals surface area contributed by atoms with Gasteiger partial charge in [-0.05, 0) is 13.3 Å². The molecule has 1 heterocycles. The molecule has 2 nitrogen and oxygen atoms in total. The molecule has 2 unspecified atom stereocenters. The number of unbranched alkanes of at least 4 members (excludes halogenated alkanes) is 2. The molecule has 1 rings (SSSR count). The molecule has 82 valence electrons. The molecule has 3 heteroatoms. The van der Waals surface area contributed by atoms with Crippen LogP contribution in [0.2, 0.25) is 0 Å². The lowest BCUT2D eigenvalue weighted by Crippen LogP contribution is -2.34. The van der Waals surface area contributed by atoms with E-state index in [2.05, 4.69) is 26.5 Å². The van der Waals surface area contributed by atoms with E-state index >= 15 is 0 Å². The van der Waals surface area contributed by atoms with E-state index in [9.17, 15) is 4.79 Å². The molecule has 14 heavy (non-hydrogen) atoms. The highest BCUT2D eigenvalue weighted by Crippen LogP contribution is 2.20. The third-order valence-corrected chi connectivity index (χ3v) is 3.24. The van der Waals surface area contributed by atoms with Crippen molar-refractivity contribution in [1.29, 1.82) is 0 Å². The average molecular weight is 215 g/mol. The van der Waals surface area contributed by atoms with Gasteiger partial charge in [-0.1, -0.05) is 26.2 Å². The molecule has 0 bridgehead atoms. The number of carbonyl (C=O) groups is 1. The summed E-state index contributed by atoms with van der Waals surface area (Å²) in [5.41, 5.74) is 0. The number of hydrogen-bond acceptors (Lipinski definition) is 2. The van der Waals surface area contributed by atoms with Gasteiger partial charge in [0.05, 0.1) is 0 Å². The minimum atomic E-state index is 0.260. The number of likely N-dealkylation sites (tertiary alicyclic amines) is 1. The highest BCUT2D eigenvalue weighted by atomic mass is 32.1. The second kappa shape index (κ2) is 5.64. The Morgan fingerprint density at radius 1 is 1.57 bits per heavy atom. The van der Waals surface area contributed by atoms with Gasteiger partial charge in [0.1, 0.15) is 0 Å². The summed E-state index contributed by atoms with van der Waals surface area (Å²) < 4.78 is 0. The van der Waals surface area contributed by atoms with Gasteiger partial charge in [0.15, 0.2) is 0 Å². The molecule has 0 saturated carbocycles. The molecule has 0 spiro atoms. The summed E-state index contributed by atoms with van der Waals surface area (Å²) in [6.45, 7) is 5.20. The first-order chi connectivity index (χ1) is 6.65. The summed E-state index contributed by atoms with van der Waals surface area (Å²) in [6.07, 6.45) is 5.52. The van der Waals surface area contributed by atoms with Gasteiger partial charge in [-0.2, -0.15) is 12.6 Å². The van der Waals surface area contributed by atoms with Gasteiger partial charge in [0.2, 0.25) is 5.91 Å². The van der Waals surface area contributed by atoms with E-state index in [0.29, 0.717) is 12.5 Å². The number of rotatable bonds is 5. The van der Waals surface area contributed by atoms with Crippen LogP contribution in [-0.4, -0.2) is 28.6 Å². The van der Waals surface area contributed by atoms with E-state index in [1.165, 1.54) is 19.3 Å². The van der Waals surface area contributed by atoms with E-state index < -0.39 is 0 Å². The molecule has 1 aliphatic rings. The first-order valence-corrected chi connectivity index (χ1v) is 6.14. The predicted octanol–water partition coefficient (Wildman–Crippen LogP) is 2.49. The topological polar surface area (TPSA) is 20.3 Å². The van der Waals surface area contributed by atoms with Gasteiger partial charge in [0.25, 0.3) is 0 Å². The van der Waals surface area contributed by atoms with Crippen LogP contribution >= 0.6 is 12.6 Å². The standard InChI is InChI=1S/C11H21NOS/c1-3-4-5-6-9(2)12-8-10(14)7-11(12)13/h9-10,14H,3-8H2,1-2H3. The lowest BCUT2D eigenvalue weighted by molar-refractivity contribution is -0.129. The highest BCUT2D eigenvalue weighted by Gasteiger charge is 2.29. The summed E-state index contributed by atoms with van der Waals surface area (Å²) in [5.74, 6) is 0.286. The van der Waals surface area contributed by atoms with Gasteiger partial charge < -0.3 is 4.90 Å². The summed E-state index contributed by atoms with van der Waals surface area (Å²) in [5, 5.41) is 0.260. The van der Waals surface area contributed by atoms with Crippen molar-refractivity contribution in [2.45, 2.75) is 57.2 Å². The van der Waals surface area contributed by atoms with Crippen LogP contribution in [0.25, 0.3) is 0 Å². The number of hydrogen-bond donors (Lipinski definition) is 1. The first kappa shape index (κ1) is 11.9. The zero-order chi connectivity index (χ0) is 10.6. The number of nitrogens with zero attached hydrogens (tertiary/aromatic N) is 1. The number of amides is 1. The second-order valence-corrected chi connectivity index (χ2v) is 4.98. The van der Waals surface area contributed by atoms with Crippen molar-refractivity contribution in [3.63, 3.8) is 0 Å². The molecule has 0 aromatic rings. The van der Waals surface area contributed by atoms with E-state index in [1.54, 1.807) is 0 Å². The third-order valence-electron chi connectivity index (χ3n) is 2.90. The molecular weight excluding hydrogens is 194 g/mol. The molecule has 1 amide bonds. The Kier molecular flexibility index (Phi) is 4.79. The Hall–Kier alpha value is -0.180. The molecular formula is C11H21NOS. The normalized spacial score (nSPS) is 24.4. The van der Waals surface area contributed by atoms with Gasteiger partial charge in [-0.15, -0.1) is 0 Å². The molecule has 0 radical (unpaired) electrons. The number of thiol groups is 1. The fourth-order valence-electron chi connectivity index (χ4n) is 1.98. The van der Waals surface area contributed by atoms with Crippen LogP contribution < -0.4 is 0 Å². The minimum Gasteiger partial charge on any atom is -0.339 e. The summed E-state index contributed by atoms with van der Waals surface area (Å²) in [6, 6.07) is 0.409. The molecule has 0 aliphatic carbocycles. The third kappa shape index (κ3) is 3.19. The SMILES string of the molecule is CCCCCC(C)N1CC(S)CC1=O. The van der Waals surface area contributed by atoms with Crippen molar-refractivity contribution >= 4 is 18.5 Å². The molecule has 1 fully saturated rings. The molecule has 0 N–H and O–H groups in total. The van der Waals surface area contributed by atoms with Gasteiger partial charge in [0, 0.05) is 24.3 Å². The largest absolute Gasteiger partial charge is 0.339 e. The molecule has 1 aliphatic heterocycles. The van der Waals surface area contributed by atoms with Crippen LogP contribution in [0.4, 0.5) is 0 Å². The van der Waals surface area contributed by atoms with Crippen molar-refractivity contribution in [1.82, 2.24) is 4.90 Å². The van der Waals surface area contributed by atoms with Crippen molar-refractivity contribution in [2.75, 3.05) is 6.54 Å². The smallest absolute Gasteiger partial charge is 0.224 e. The van der Waals surface area contributed by atoms with E-state index in [0.717, 1.165) is 13.0 Å². The summed E-state index contributed by atoms with van der Waals surface area (Å²) >= 11 is 4.35. The highest BCUT2D eigenvalue weighted by molar-refractivity contribution is 7.81. The Labute approximate surface area is 92.5 Å². The molecule has 0 aromatic carbocycles. The molecule has 0 aromatic heterocycles. The Morgan fingerprint density at radius 2 is 2.29 bits per heavy atom. The van der Waals surface area contributed by atoms with Gasteiger partial charge in [-0.3, -0.25) is 4.79 Å². The van der Waals surface area contributed by atoms with E-state index in [-0.39, 0.29) is 11.2 Å². The second-order valence-electron chi connectivity index (χ2n) is 4.25. The Balaban J connectivity index is 2.29. The number of carbonyl (C=O) groups excluding carboxylic acids is 1. The van der Waals surface area contributed by atoms with Gasteiger partial charge in [-0.25, -0.2) is 0 Å². The fourth-order valence-corrected chi connectivity index (χ4v) is 2.32.